The molecule has 7 heteroatoms. The molecule has 0 saturated carbocycles. The van der Waals surface area contributed by atoms with Gasteiger partial charge in [-0.15, -0.1) is 0 Å². The molecule has 4 heterocycles. The summed E-state index contributed by atoms with van der Waals surface area (Å²) in [5, 5.41) is 5.18. The third-order valence-corrected chi connectivity index (χ3v) is 6.84. The van der Waals surface area contributed by atoms with E-state index in [1.165, 1.54) is 6.42 Å². The number of hydrogen-bond donors (Lipinski definition) is 0. The Labute approximate surface area is 175 Å². The van der Waals surface area contributed by atoms with Crippen LogP contribution >= 0.6 is 11.6 Å². The topological polar surface area (TPSA) is 51.9 Å². The molecule has 2 saturated heterocycles. The van der Waals surface area contributed by atoms with Crippen molar-refractivity contribution in [2.75, 3.05) is 38.3 Å². The van der Waals surface area contributed by atoms with Crippen LogP contribution in [-0.2, 0) is 4.74 Å². The predicted molar refractivity (Wildman–Crippen MR) is 114 cm³/mol. The van der Waals surface area contributed by atoms with Gasteiger partial charge in [0.2, 0.25) is 0 Å². The maximum atomic E-state index is 6.62. The summed E-state index contributed by atoms with van der Waals surface area (Å²) in [5.74, 6) is 1.64. The molecule has 0 radical (unpaired) electrons. The SMILES string of the molecule is COc1cccc(-c2c(C)nc(N3CCC4(CCOC4)CC3)c3ccnn23)c1Cl. The molecule has 2 aliphatic rings. The molecule has 3 aromatic rings. The second kappa shape index (κ2) is 7.18. The lowest BCUT2D eigenvalue weighted by Gasteiger charge is -2.39. The smallest absolute Gasteiger partial charge is 0.155 e. The third kappa shape index (κ3) is 3.06. The van der Waals surface area contributed by atoms with Gasteiger partial charge in [-0.1, -0.05) is 23.7 Å². The normalized spacial score (nSPS) is 18.7. The van der Waals surface area contributed by atoms with E-state index >= 15 is 0 Å². The summed E-state index contributed by atoms with van der Waals surface area (Å²) in [6.45, 7) is 5.82. The van der Waals surface area contributed by atoms with Gasteiger partial charge < -0.3 is 14.4 Å². The third-order valence-electron chi connectivity index (χ3n) is 6.45. The summed E-state index contributed by atoms with van der Waals surface area (Å²) in [5.41, 5.74) is 4.04. The highest BCUT2D eigenvalue weighted by Crippen LogP contribution is 2.42. The Balaban J connectivity index is 1.56. The summed E-state index contributed by atoms with van der Waals surface area (Å²) in [6, 6.07) is 7.82. The minimum atomic E-state index is 0.371. The van der Waals surface area contributed by atoms with Crippen molar-refractivity contribution in [3.63, 3.8) is 0 Å². The van der Waals surface area contributed by atoms with Crippen LogP contribution in [0.15, 0.2) is 30.5 Å². The van der Waals surface area contributed by atoms with Crippen LogP contribution in [0.25, 0.3) is 16.8 Å². The van der Waals surface area contributed by atoms with E-state index in [9.17, 15) is 0 Å². The van der Waals surface area contributed by atoms with Crippen LogP contribution in [0.1, 0.15) is 25.0 Å². The summed E-state index contributed by atoms with van der Waals surface area (Å²) >= 11 is 6.62. The lowest BCUT2D eigenvalue weighted by molar-refractivity contribution is 0.133. The lowest BCUT2D eigenvalue weighted by Crippen LogP contribution is -2.41. The van der Waals surface area contributed by atoms with Gasteiger partial charge in [0.25, 0.3) is 0 Å². The van der Waals surface area contributed by atoms with Gasteiger partial charge >= 0.3 is 0 Å². The molecule has 152 valence electrons. The van der Waals surface area contributed by atoms with Crippen LogP contribution in [0.4, 0.5) is 5.82 Å². The number of hydrogen-bond acceptors (Lipinski definition) is 5. The highest BCUT2D eigenvalue weighted by molar-refractivity contribution is 6.34. The van der Waals surface area contributed by atoms with E-state index in [2.05, 4.69) is 10.00 Å². The molecule has 2 aromatic heterocycles. The summed E-state index contributed by atoms with van der Waals surface area (Å²) < 4.78 is 13.0. The zero-order chi connectivity index (χ0) is 20.0. The van der Waals surface area contributed by atoms with Gasteiger partial charge in [0.05, 0.1) is 36.3 Å². The number of anilines is 1. The highest BCUT2D eigenvalue weighted by atomic mass is 35.5. The summed E-state index contributed by atoms with van der Waals surface area (Å²) in [7, 11) is 1.63. The second-order valence-electron chi connectivity index (χ2n) is 8.11. The van der Waals surface area contributed by atoms with E-state index < -0.39 is 0 Å². The van der Waals surface area contributed by atoms with E-state index in [0.29, 0.717) is 16.2 Å². The Kier molecular flexibility index (Phi) is 4.63. The van der Waals surface area contributed by atoms with Crippen LogP contribution < -0.4 is 9.64 Å². The van der Waals surface area contributed by atoms with E-state index in [1.54, 1.807) is 7.11 Å². The van der Waals surface area contributed by atoms with Gasteiger partial charge in [-0.2, -0.15) is 5.10 Å². The molecule has 5 rings (SSSR count). The number of fused-ring (bicyclic) bond motifs is 1. The Morgan fingerprint density at radius 3 is 2.72 bits per heavy atom. The minimum absolute atomic E-state index is 0.371. The molecule has 0 unspecified atom stereocenters. The molecular weight excluding hydrogens is 388 g/mol. The number of piperidine rings is 1. The van der Waals surface area contributed by atoms with Gasteiger partial charge in [0.1, 0.15) is 11.3 Å². The fourth-order valence-corrected chi connectivity index (χ4v) is 5.00. The first-order valence-electron chi connectivity index (χ1n) is 10.1. The number of methoxy groups -OCH3 is 1. The quantitative estimate of drug-likeness (QED) is 0.639. The predicted octanol–water partition coefficient (Wildman–Crippen LogP) is 4.37. The second-order valence-corrected chi connectivity index (χ2v) is 8.49. The van der Waals surface area contributed by atoms with Crippen LogP contribution in [0.3, 0.4) is 0 Å². The van der Waals surface area contributed by atoms with Crippen molar-refractivity contribution >= 4 is 22.9 Å². The van der Waals surface area contributed by atoms with Crippen LogP contribution in [0.2, 0.25) is 5.02 Å². The highest BCUT2D eigenvalue weighted by Gasteiger charge is 2.38. The van der Waals surface area contributed by atoms with Gasteiger partial charge in [-0.25, -0.2) is 9.50 Å². The number of ether oxygens (including phenoxy) is 2. The van der Waals surface area contributed by atoms with E-state index in [4.69, 9.17) is 26.1 Å². The zero-order valence-electron chi connectivity index (χ0n) is 16.8. The molecule has 6 nitrogen and oxygen atoms in total. The van der Waals surface area contributed by atoms with E-state index in [-0.39, 0.29) is 0 Å². The van der Waals surface area contributed by atoms with Gasteiger partial charge in [-0.3, -0.25) is 0 Å². The van der Waals surface area contributed by atoms with Crippen molar-refractivity contribution in [3.8, 4) is 17.0 Å². The number of aromatic nitrogens is 3. The Hall–Kier alpha value is -2.31. The van der Waals surface area contributed by atoms with Crippen LogP contribution in [-0.4, -0.2) is 48.0 Å². The van der Waals surface area contributed by atoms with Crippen molar-refractivity contribution in [3.05, 3.63) is 41.2 Å². The molecule has 0 N–H and O–H groups in total. The fraction of sp³-hybridized carbons (Fsp3) is 0.455. The van der Waals surface area contributed by atoms with Crippen molar-refractivity contribution in [2.45, 2.75) is 26.2 Å². The number of aryl methyl sites for hydroxylation is 1. The van der Waals surface area contributed by atoms with E-state index in [0.717, 1.165) is 67.4 Å². The van der Waals surface area contributed by atoms with Crippen molar-refractivity contribution in [1.29, 1.82) is 0 Å². The molecule has 0 amide bonds. The monoisotopic (exact) mass is 412 g/mol. The Morgan fingerprint density at radius 2 is 2.00 bits per heavy atom. The molecule has 1 spiro atoms. The number of rotatable bonds is 3. The molecule has 1 aromatic carbocycles. The standard InChI is InChI=1S/C22H25ClN4O2/c1-15-20(16-4-3-5-18(28-2)19(16)23)27-17(6-10-24-27)21(25-15)26-11-7-22(8-12-26)9-13-29-14-22/h3-6,10H,7-9,11-14H2,1-2H3. The van der Waals surface area contributed by atoms with Crippen molar-refractivity contribution in [2.24, 2.45) is 5.41 Å². The number of benzene rings is 1. The first-order valence-corrected chi connectivity index (χ1v) is 10.5. The first kappa shape index (κ1) is 18.7. The summed E-state index contributed by atoms with van der Waals surface area (Å²) in [6.07, 6.45) is 5.31. The molecule has 2 fully saturated rings. The average molecular weight is 413 g/mol. The number of nitrogens with zero attached hydrogens (tertiary/aromatic N) is 4. The van der Waals surface area contributed by atoms with Gasteiger partial charge in [0, 0.05) is 25.3 Å². The van der Waals surface area contributed by atoms with Crippen LogP contribution in [0.5, 0.6) is 5.75 Å². The van der Waals surface area contributed by atoms with Crippen LogP contribution in [0, 0.1) is 12.3 Å². The molecule has 29 heavy (non-hydrogen) atoms. The molecule has 0 atom stereocenters. The lowest BCUT2D eigenvalue weighted by atomic mass is 9.78. The average Bonchev–Trinajstić information content (AvgIpc) is 3.39. The maximum absolute atomic E-state index is 6.62. The van der Waals surface area contributed by atoms with Gasteiger partial charge in [-0.05, 0) is 43.7 Å². The van der Waals surface area contributed by atoms with Crippen molar-refractivity contribution in [1.82, 2.24) is 14.6 Å². The largest absolute Gasteiger partial charge is 0.495 e. The summed E-state index contributed by atoms with van der Waals surface area (Å²) in [4.78, 5) is 7.41. The van der Waals surface area contributed by atoms with E-state index in [1.807, 2.05) is 41.9 Å². The zero-order valence-corrected chi connectivity index (χ0v) is 17.6. The molecular formula is C22H25ClN4O2. The minimum Gasteiger partial charge on any atom is -0.495 e. The maximum Gasteiger partial charge on any atom is 0.155 e. The van der Waals surface area contributed by atoms with Gasteiger partial charge in [0.15, 0.2) is 5.82 Å². The fourth-order valence-electron chi connectivity index (χ4n) is 4.70. The number of halogens is 1. The van der Waals surface area contributed by atoms with Crippen molar-refractivity contribution < 1.29 is 9.47 Å². The Bertz CT molecular complexity index is 1050. The Morgan fingerprint density at radius 1 is 1.17 bits per heavy atom. The molecule has 0 aliphatic carbocycles. The molecule has 0 bridgehead atoms. The first-order chi connectivity index (χ1) is 14.1. The molecule has 2 aliphatic heterocycles.